The standard InChI is InChI=1S/C13H9ClFN3S/c1-6-3-4-8(15)10-11(6)17-13(18-12(10)14)9-5-16-7(2)19-9/h3-5H,1-2H3. The summed E-state index contributed by atoms with van der Waals surface area (Å²) in [5.41, 5.74) is 1.41. The minimum absolute atomic E-state index is 0.132. The van der Waals surface area contributed by atoms with Crippen molar-refractivity contribution >= 4 is 33.8 Å². The van der Waals surface area contributed by atoms with Crippen molar-refractivity contribution in [3.8, 4) is 10.7 Å². The number of halogens is 2. The molecular weight excluding hydrogens is 285 g/mol. The largest absolute Gasteiger partial charge is 0.249 e. The molecule has 0 radical (unpaired) electrons. The zero-order valence-corrected chi connectivity index (χ0v) is 11.8. The molecule has 0 unspecified atom stereocenters. The maximum atomic E-state index is 13.8. The number of rotatable bonds is 1. The van der Waals surface area contributed by atoms with E-state index in [1.54, 1.807) is 12.3 Å². The van der Waals surface area contributed by atoms with Crippen LogP contribution in [-0.2, 0) is 0 Å². The molecule has 19 heavy (non-hydrogen) atoms. The van der Waals surface area contributed by atoms with Gasteiger partial charge in [0, 0.05) is 6.20 Å². The molecule has 3 aromatic rings. The lowest BCUT2D eigenvalue weighted by Gasteiger charge is -2.06. The van der Waals surface area contributed by atoms with Gasteiger partial charge in [-0.2, -0.15) is 0 Å². The fourth-order valence-corrected chi connectivity index (χ4v) is 2.84. The van der Waals surface area contributed by atoms with E-state index in [0.717, 1.165) is 15.4 Å². The number of hydrogen-bond acceptors (Lipinski definition) is 4. The molecule has 1 aromatic carbocycles. The van der Waals surface area contributed by atoms with Crippen LogP contribution in [-0.4, -0.2) is 15.0 Å². The third kappa shape index (κ3) is 2.09. The van der Waals surface area contributed by atoms with Gasteiger partial charge in [0.2, 0.25) is 0 Å². The molecule has 6 heteroatoms. The van der Waals surface area contributed by atoms with Crippen LogP contribution < -0.4 is 0 Å². The maximum absolute atomic E-state index is 13.8. The summed E-state index contributed by atoms with van der Waals surface area (Å²) < 4.78 is 13.8. The van der Waals surface area contributed by atoms with Crippen molar-refractivity contribution in [1.29, 1.82) is 0 Å². The van der Waals surface area contributed by atoms with E-state index in [1.165, 1.54) is 17.4 Å². The molecule has 3 nitrogen and oxygen atoms in total. The Kier molecular flexibility index (Phi) is 2.95. The molecule has 0 saturated heterocycles. The zero-order chi connectivity index (χ0) is 13.6. The molecule has 0 aliphatic rings. The average molecular weight is 294 g/mol. The third-order valence-corrected chi connectivity index (χ3v) is 3.98. The fraction of sp³-hybridized carbons (Fsp3) is 0.154. The maximum Gasteiger partial charge on any atom is 0.173 e. The molecule has 0 fully saturated rings. The number of fused-ring (bicyclic) bond motifs is 1. The van der Waals surface area contributed by atoms with Crippen LogP contribution in [0.15, 0.2) is 18.3 Å². The van der Waals surface area contributed by atoms with E-state index in [0.29, 0.717) is 11.3 Å². The summed E-state index contributed by atoms with van der Waals surface area (Å²) in [7, 11) is 0. The highest BCUT2D eigenvalue weighted by molar-refractivity contribution is 7.14. The molecule has 0 aliphatic carbocycles. The first-order valence-corrected chi connectivity index (χ1v) is 6.81. The molecule has 0 aliphatic heterocycles. The summed E-state index contributed by atoms with van der Waals surface area (Å²) in [5.74, 6) is 0.0782. The van der Waals surface area contributed by atoms with Gasteiger partial charge in [0.05, 0.1) is 20.8 Å². The Morgan fingerprint density at radius 1 is 1.21 bits per heavy atom. The van der Waals surface area contributed by atoms with Gasteiger partial charge in [-0.05, 0) is 25.5 Å². The van der Waals surface area contributed by atoms with E-state index < -0.39 is 5.82 Å². The number of hydrogen-bond donors (Lipinski definition) is 0. The van der Waals surface area contributed by atoms with Crippen molar-refractivity contribution < 1.29 is 4.39 Å². The Bertz CT molecular complexity index is 785. The summed E-state index contributed by atoms with van der Waals surface area (Å²) in [6.07, 6.45) is 1.70. The minimum Gasteiger partial charge on any atom is -0.249 e. The number of thiazole rings is 1. The Balaban J connectivity index is 2.33. The van der Waals surface area contributed by atoms with Crippen molar-refractivity contribution in [3.05, 3.63) is 39.9 Å². The molecule has 0 N–H and O–H groups in total. The monoisotopic (exact) mass is 293 g/mol. The van der Waals surface area contributed by atoms with Gasteiger partial charge in [-0.1, -0.05) is 17.7 Å². The second-order valence-electron chi connectivity index (χ2n) is 4.17. The van der Waals surface area contributed by atoms with Crippen LogP contribution in [0.25, 0.3) is 21.6 Å². The highest BCUT2D eigenvalue weighted by Crippen LogP contribution is 2.30. The molecule has 96 valence electrons. The van der Waals surface area contributed by atoms with E-state index >= 15 is 0 Å². The van der Waals surface area contributed by atoms with Gasteiger partial charge in [0.25, 0.3) is 0 Å². The summed E-state index contributed by atoms with van der Waals surface area (Å²) in [6, 6.07) is 3.06. The lowest BCUT2D eigenvalue weighted by molar-refractivity contribution is 0.639. The molecule has 2 heterocycles. The summed E-state index contributed by atoms with van der Waals surface area (Å²) in [4.78, 5) is 13.6. The Morgan fingerprint density at radius 3 is 2.68 bits per heavy atom. The van der Waals surface area contributed by atoms with Crippen LogP contribution in [0.2, 0.25) is 5.15 Å². The fourth-order valence-electron chi connectivity index (χ4n) is 1.87. The van der Waals surface area contributed by atoms with Crippen molar-refractivity contribution in [2.45, 2.75) is 13.8 Å². The van der Waals surface area contributed by atoms with Gasteiger partial charge >= 0.3 is 0 Å². The first-order chi connectivity index (χ1) is 9.06. The number of nitrogens with zero attached hydrogens (tertiary/aromatic N) is 3. The Morgan fingerprint density at radius 2 is 2.00 bits per heavy atom. The van der Waals surface area contributed by atoms with Crippen molar-refractivity contribution in [2.24, 2.45) is 0 Å². The normalized spacial score (nSPS) is 11.2. The van der Waals surface area contributed by atoms with Crippen LogP contribution in [0.4, 0.5) is 4.39 Å². The highest BCUT2D eigenvalue weighted by Gasteiger charge is 2.14. The molecule has 0 amide bonds. The van der Waals surface area contributed by atoms with Crippen molar-refractivity contribution in [3.63, 3.8) is 0 Å². The quantitative estimate of drug-likeness (QED) is 0.632. The molecule has 0 atom stereocenters. The molecule has 2 aromatic heterocycles. The second kappa shape index (κ2) is 4.51. The van der Waals surface area contributed by atoms with Gasteiger partial charge in [0.15, 0.2) is 5.82 Å². The summed E-state index contributed by atoms with van der Waals surface area (Å²) >= 11 is 7.57. The van der Waals surface area contributed by atoms with Crippen molar-refractivity contribution in [1.82, 2.24) is 15.0 Å². The van der Waals surface area contributed by atoms with Gasteiger partial charge in [-0.3, -0.25) is 0 Å². The molecular formula is C13H9ClFN3S. The van der Waals surface area contributed by atoms with E-state index in [2.05, 4.69) is 15.0 Å². The number of aromatic nitrogens is 3. The van der Waals surface area contributed by atoms with Crippen molar-refractivity contribution in [2.75, 3.05) is 0 Å². The van der Waals surface area contributed by atoms with Crippen LogP contribution in [0, 0.1) is 19.7 Å². The predicted molar refractivity (Wildman–Crippen MR) is 75.1 cm³/mol. The van der Waals surface area contributed by atoms with Gasteiger partial charge in [-0.25, -0.2) is 19.3 Å². The lowest BCUT2D eigenvalue weighted by Crippen LogP contribution is -1.94. The lowest BCUT2D eigenvalue weighted by atomic mass is 10.1. The highest BCUT2D eigenvalue weighted by atomic mass is 35.5. The predicted octanol–water partition coefficient (Wildman–Crippen LogP) is 4.16. The van der Waals surface area contributed by atoms with Crippen LogP contribution in [0.5, 0.6) is 0 Å². The first-order valence-electron chi connectivity index (χ1n) is 5.61. The molecule has 0 spiro atoms. The Labute approximate surface area is 118 Å². The topological polar surface area (TPSA) is 38.7 Å². The molecule has 0 saturated carbocycles. The van der Waals surface area contributed by atoms with E-state index in [1.807, 2.05) is 13.8 Å². The second-order valence-corrected chi connectivity index (χ2v) is 5.76. The van der Waals surface area contributed by atoms with Gasteiger partial charge in [-0.15, -0.1) is 11.3 Å². The smallest absolute Gasteiger partial charge is 0.173 e. The van der Waals surface area contributed by atoms with Gasteiger partial charge < -0.3 is 0 Å². The summed E-state index contributed by atoms with van der Waals surface area (Å²) in [5, 5.41) is 1.32. The van der Waals surface area contributed by atoms with Gasteiger partial charge in [0.1, 0.15) is 11.0 Å². The third-order valence-electron chi connectivity index (χ3n) is 2.80. The summed E-state index contributed by atoms with van der Waals surface area (Å²) in [6.45, 7) is 3.77. The zero-order valence-electron chi connectivity index (χ0n) is 10.2. The Hall–Kier alpha value is -1.59. The minimum atomic E-state index is -0.405. The number of aryl methyl sites for hydroxylation is 2. The molecule has 3 rings (SSSR count). The van der Waals surface area contributed by atoms with Crippen LogP contribution >= 0.6 is 22.9 Å². The number of benzene rings is 1. The van der Waals surface area contributed by atoms with Crippen LogP contribution in [0.3, 0.4) is 0 Å². The SMILES string of the molecule is Cc1ncc(-c2nc(Cl)c3c(F)ccc(C)c3n2)s1. The first kappa shape index (κ1) is 12.4. The van der Waals surface area contributed by atoms with E-state index in [4.69, 9.17) is 11.6 Å². The average Bonchev–Trinajstić information content (AvgIpc) is 2.80. The molecule has 0 bridgehead atoms. The van der Waals surface area contributed by atoms with E-state index in [-0.39, 0.29) is 10.5 Å². The van der Waals surface area contributed by atoms with E-state index in [9.17, 15) is 4.39 Å². The van der Waals surface area contributed by atoms with Crippen LogP contribution in [0.1, 0.15) is 10.6 Å².